The molecular formula is C21H22ClN5O2S. The second-order valence-electron chi connectivity index (χ2n) is 6.73. The molecule has 3 aromatic rings. The van der Waals surface area contributed by atoms with E-state index in [-0.39, 0.29) is 11.9 Å². The highest BCUT2D eigenvalue weighted by Crippen LogP contribution is 2.38. The molecule has 0 spiro atoms. The van der Waals surface area contributed by atoms with Gasteiger partial charge in [-0.3, -0.25) is 4.79 Å². The Labute approximate surface area is 184 Å². The first-order valence-electron chi connectivity index (χ1n) is 9.75. The van der Waals surface area contributed by atoms with E-state index in [0.717, 1.165) is 23.6 Å². The van der Waals surface area contributed by atoms with Gasteiger partial charge < -0.3 is 15.5 Å². The summed E-state index contributed by atoms with van der Waals surface area (Å²) < 4.78 is 7.33. The van der Waals surface area contributed by atoms with Crippen molar-refractivity contribution in [2.75, 3.05) is 17.3 Å². The molecule has 2 heterocycles. The summed E-state index contributed by atoms with van der Waals surface area (Å²) in [6.45, 7) is 4.55. The highest BCUT2D eigenvalue weighted by Gasteiger charge is 2.37. The van der Waals surface area contributed by atoms with E-state index in [9.17, 15) is 4.79 Å². The molecule has 1 aliphatic heterocycles. The smallest absolute Gasteiger partial charge is 0.240 e. The molecule has 7 nitrogen and oxygen atoms in total. The van der Waals surface area contributed by atoms with Crippen molar-refractivity contribution in [1.29, 1.82) is 0 Å². The van der Waals surface area contributed by atoms with Crippen LogP contribution in [0, 0.1) is 0 Å². The molecule has 0 aliphatic carbocycles. The van der Waals surface area contributed by atoms with Gasteiger partial charge in [0.1, 0.15) is 11.0 Å². The molecule has 30 heavy (non-hydrogen) atoms. The first kappa shape index (κ1) is 20.6. The third-order valence-corrected chi connectivity index (χ3v) is 6.21. The summed E-state index contributed by atoms with van der Waals surface area (Å²) in [7, 11) is 0. The standard InChI is InChI=1S/C21H22ClN5O2S/c1-3-17-24-25-21-27(17)26-18(13-5-7-14(22)8-6-13)19(30-21)20(28)23-15-9-11-16(12-10-15)29-4-2/h5-12,18-19,26H,3-4H2,1-2H3,(H,23,28)/t18-,19-/m0/s1. The molecule has 1 aromatic heterocycles. The number of benzene rings is 2. The number of nitrogens with zero attached hydrogens (tertiary/aromatic N) is 3. The van der Waals surface area contributed by atoms with Gasteiger partial charge in [-0.25, -0.2) is 4.68 Å². The number of aromatic nitrogens is 3. The predicted octanol–water partition coefficient (Wildman–Crippen LogP) is 4.29. The van der Waals surface area contributed by atoms with Crippen LogP contribution >= 0.6 is 23.4 Å². The summed E-state index contributed by atoms with van der Waals surface area (Å²) in [6, 6.07) is 14.6. The zero-order chi connectivity index (χ0) is 21.1. The van der Waals surface area contributed by atoms with Crippen LogP contribution < -0.4 is 15.5 Å². The first-order valence-corrected chi connectivity index (χ1v) is 11.0. The monoisotopic (exact) mass is 443 g/mol. The molecular weight excluding hydrogens is 422 g/mol. The normalized spacial score (nSPS) is 17.7. The number of carbonyl (C=O) groups excluding carboxylic acids is 1. The summed E-state index contributed by atoms with van der Waals surface area (Å²) in [5.74, 6) is 1.47. The van der Waals surface area contributed by atoms with Gasteiger partial charge in [-0.1, -0.05) is 42.4 Å². The van der Waals surface area contributed by atoms with Crippen molar-refractivity contribution in [1.82, 2.24) is 14.9 Å². The maximum Gasteiger partial charge on any atom is 0.240 e. The first-order chi connectivity index (χ1) is 14.6. The number of rotatable bonds is 6. The van der Waals surface area contributed by atoms with E-state index in [1.807, 2.05) is 67.1 Å². The molecule has 2 aromatic carbocycles. The van der Waals surface area contributed by atoms with Crippen LogP contribution in [-0.4, -0.2) is 32.6 Å². The average molecular weight is 444 g/mol. The molecule has 0 saturated carbocycles. The Morgan fingerprint density at radius 2 is 1.90 bits per heavy atom. The van der Waals surface area contributed by atoms with Crippen LogP contribution in [0.2, 0.25) is 5.02 Å². The van der Waals surface area contributed by atoms with Gasteiger partial charge in [0.15, 0.2) is 5.82 Å². The lowest BCUT2D eigenvalue weighted by Gasteiger charge is -2.33. The van der Waals surface area contributed by atoms with E-state index in [2.05, 4.69) is 20.9 Å². The van der Waals surface area contributed by atoms with E-state index >= 15 is 0 Å². The Morgan fingerprint density at radius 3 is 2.57 bits per heavy atom. The summed E-state index contributed by atoms with van der Waals surface area (Å²) in [6.07, 6.45) is 0.733. The van der Waals surface area contributed by atoms with Crippen LogP contribution in [-0.2, 0) is 11.2 Å². The molecule has 1 aliphatic rings. The van der Waals surface area contributed by atoms with Crippen molar-refractivity contribution in [2.24, 2.45) is 0 Å². The topological polar surface area (TPSA) is 81.1 Å². The predicted molar refractivity (Wildman–Crippen MR) is 119 cm³/mol. The number of nitrogens with one attached hydrogen (secondary N) is 2. The van der Waals surface area contributed by atoms with Crippen molar-refractivity contribution < 1.29 is 9.53 Å². The number of carbonyl (C=O) groups is 1. The molecule has 156 valence electrons. The molecule has 1 amide bonds. The van der Waals surface area contributed by atoms with Gasteiger partial charge in [-0.15, -0.1) is 10.2 Å². The number of aryl methyl sites for hydroxylation is 1. The van der Waals surface area contributed by atoms with Gasteiger partial charge in [-0.05, 0) is 48.9 Å². The second kappa shape index (κ2) is 8.97. The number of thioether (sulfide) groups is 1. The molecule has 2 atom stereocenters. The average Bonchev–Trinajstić information content (AvgIpc) is 3.17. The second-order valence-corrected chi connectivity index (χ2v) is 8.28. The van der Waals surface area contributed by atoms with Gasteiger partial charge in [0.2, 0.25) is 11.1 Å². The van der Waals surface area contributed by atoms with Crippen LogP contribution in [0.15, 0.2) is 53.7 Å². The van der Waals surface area contributed by atoms with Gasteiger partial charge in [0.25, 0.3) is 0 Å². The summed E-state index contributed by atoms with van der Waals surface area (Å²) in [5, 5.41) is 12.3. The zero-order valence-corrected chi connectivity index (χ0v) is 18.2. The van der Waals surface area contributed by atoms with Crippen molar-refractivity contribution >= 4 is 35.0 Å². The molecule has 2 N–H and O–H groups in total. The van der Waals surface area contributed by atoms with Crippen LogP contribution in [0.4, 0.5) is 5.69 Å². The van der Waals surface area contributed by atoms with Crippen molar-refractivity contribution in [3.63, 3.8) is 0 Å². The number of fused-ring (bicyclic) bond motifs is 1. The minimum absolute atomic E-state index is 0.121. The zero-order valence-electron chi connectivity index (χ0n) is 16.6. The number of hydrogen-bond acceptors (Lipinski definition) is 6. The third-order valence-electron chi connectivity index (χ3n) is 4.74. The van der Waals surface area contributed by atoms with Crippen LogP contribution in [0.1, 0.15) is 31.3 Å². The maximum atomic E-state index is 13.2. The largest absolute Gasteiger partial charge is 0.494 e. The number of hydrogen-bond donors (Lipinski definition) is 2. The van der Waals surface area contributed by atoms with Crippen LogP contribution in [0.5, 0.6) is 5.75 Å². The van der Waals surface area contributed by atoms with Crippen molar-refractivity contribution in [2.45, 2.75) is 36.7 Å². The molecule has 0 bridgehead atoms. The summed E-state index contributed by atoms with van der Waals surface area (Å²) in [4.78, 5) is 13.2. The maximum absolute atomic E-state index is 13.2. The van der Waals surface area contributed by atoms with Gasteiger partial charge >= 0.3 is 0 Å². The summed E-state index contributed by atoms with van der Waals surface area (Å²) in [5.41, 5.74) is 5.09. The lowest BCUT2D eigenvalue weighted by molar-refractivity contribution is -0.116. The van der Waals surface area contributed by atoms with E-state index < -0.39 is 5.25 Å². The molecule has 0 fully saturated rings. The van der Waals surface area contributed by atoms with Crippen molar-refractivity contribution in [3.8, 4) is 5.75 Å². The van der Waals surface area contributed by atoms with Gasteiger partial charge in [0.05, 0.1) is 12.6 Å². The van der Waals surface area contributed by atoms with Crippen molar-refractivity contribution in [3.05, 3.63) is 64.9 Å². The van der Waals surface area contributed by atoms with E-state index in [4.69, 9.17) is 16.3 Å². The molecule has 0 radical (unpaired) electrons. The Bertz CT molecular complexity index is 1020. The number of anilines is 1. The lowest BCUT2D eigenvalue weighted by atomic mass is 10.0. The summed E-state index contributed by atoms with van der Waals surface area (Å²) >= 11 is 7.46. The Kier molecular flexibility index (Phi) is 6.15. The van der Waals surface area contributed by atoms with Gasteiger partial charge in [-0.2, -0.15) is 0 Å². The lowest BCUT2D eigenvalue weighted by Crippen LogP contribution is -2.41. The molecule has 9 heteroatoms. The van der Waals surface area contributed by atoms with Gasteiger partial charge in [0, 0.05) is 17.1 Å². The quantitative estimate of drug-likeness (QED) is 0.591. The minimum atomic E-state index is -0.445. The SMILES string of the molecule is CCOc1ccc(NC(=O)[C@H]2Sc3nnc(CC)n3N[C@H]2c2ccc(Cl)cc2)cc1. The Balaban J connectivity index is 1.60. The van der Waals surface area contributed by atoms with Crippen LogP contribution in [0.25, 0.3) is 0 Å². The van der Waals surface area contributed by atoms with E-state index in [1.54, 1.807) is 0 Å². The van der Waals surface area contributed by atoms with E-state index in [0.29, 0.717) is 22.5 Å². The third kappa shape index (κ3) is 4.24. The Morgan fingerprint density at radius 1 is 1.17 bits per heavy atom. The molecule has 0 saturated heterocycles. The number of halogens is 1. The fourth-order valence-electron chi connectivity index (χ4n) is 3.26. The molecule has 4 rings (SSSR count). The highest BCUT2D eigenvalue weighted by atomic mass is 35.5. The van der Waals surface area contributed by atoms with Crippen LogP contribution in [0.3, 0.4) is 0 Å². The minimum Gasteiger partial charge on any atom is -0.494 e. The molecule has 0 unspecified atom stereocenters. The highest BCUT2D eigenvalue weighted by molar-refractivity contribution is 8.00. The number of amides is 1. The van der Waals surface area contributed by atoms with E-state index in [1.165, 1.54) is 11.8 Å². The Hall–Kier alpha value is -2.71. The number of ether oxygens (including phenoxy) is 1. The fourth-order valence-corrected chi connectivity index (χ4v) is 4.49. The fraction of sp³-hybridized carbons (Fsp3) is 0.286.